The number of hydrogen-bond donors (Lipinski definition) is 1. The van der Waals surface area contributed by atoms with Gasteiger partial charge in [0.25, 0.3) is 0 Å². The fourth-order valence-corrected chi connectivity index (χ4v) is 5.49. The largest absolute Gasteiger partial charge is 0.338 e. The van der Waals surface area contributed by atoms with Gasteiger partial charge in [-0.1, -0.05) is 30.3 Å². The average Bonchev–Trinajstić information content (AvgIpc) is 3.28. The van der Waals surface area contributed by atoms with Crippen LogP contribution in [0.15, 0.2) is 36.5 Å². The quantitative estimate of drug-likeness (QED) is 0.847. The summed E-state index contributed by atoms with van der Waals surface area (Å²) in [5, 5.41) is 7.21. The second-order valence-corrected chi connectivity index (χ2v) is 9.21. The monoisotopic (exact) mass is 407 g/mol. The van der Waals surface area contributed by atoms with Crippen LogP contribution in [0.5, 0.6) is 0 Å². The Hall–Kier alpha value is -2.18. The maximum atomic E-state index is 13.2. The molecular weight excluding hydrogens is 374 g/mol. The molecule has 0 unspecified atom stereocenters. The molecule has 5 rings (SSSR count). The van der Waals surface area contributed by atoms with Crippen molar-refractivity contribution in [1.82, 2.24) is 24.9 Å². The summed E-state index contributed by atoms with van der Waals surface area (Å²) in [6.07, 6.45) is 7.40. The van der Waals surface area contributed by atoms with Crippen LogP contribution in [0.3, 0.4) is 0 Å². The van der Waals surface area contributed by atoms with Gasteiger partial charge in [0.15, 0.2) is 0 Å². The normalized spacial score (nSPS) is 24.0. The van der Waals surface area contributed by atoms with Gasteiger partial charge in [-0.05, 0) is 50.9 Å². The summed E-state index contributed by atoms with van der Waals surface area (Å²) in [4.78, 5) is 20.5. The number of carbonyl (C=O) groups excluding carboxylic acids is 1. The van der Waals surface area contributed by atoms with E-state index in [0.717, 1.165) is 65.1 Å². The highest BCUT2D eigenvalue weighted by atomic mass is 16.2. The first kappa shape index (κ1) is 19.8. The Bertz CT molecular complexity index is 842. The molecule has 2 fully saturated rings. The first-order chi connectivity index (χ1) is 14.8. The number of aromatic nitrogens is 2. The predicted molar refractivity (Wildman–Crippen MR) is 117 cm³/mol. The highest BCUT2D eigenvalue weighted by molar-refractivity contribution is 5.79. The zero-order valence-electron chi connectivity index (χ0n) is 17.8. The Kier molecular flexibility index (Phi) is 5.86. The molecule has 1 aromatic heterocycles. The van der Waals surface area contributed by atoms with E-state index in [1.807, 2.05) is 6.20 Å². The summed E-state index contributed by atoms with van der Waals surface area (Å²) in [5.74, 6) is 0.516. The van der Waals surface area contributed by atoms with Crippen LogP contribution in [0.2, 0.25) is 0 Å². The van der Waals surface area contributed by atoms with Gasteiger partial charge in [-0.15, -0.1) is 0 Å². The van der Waals surface area contributed by atoms with Gasteiger partial charge in [0, 0.05) is 49.9 Å². The molecule has 30 heavy (non-hydrogen) atoms. The van der Waals surface area contributed by atoms with Crippen molar-refractivity contribution in [1.29, 1.82) is 0 Å². The molecule has 1 N–H and O–H groups in total. The van der Waals surface area contributed by atoms with Crippen molar-refractivity contribution in [3.8, 4) is 0 Å². The van der Waals surface area contributed by atoms with Crippen molar-refractivity contribution in [3.63, 3.8) is 0 Å². The molecule has 6 heteroatoms. The van der Waals surface area contributed by atoms with Gasteiger partial charge in [-0.3, -0.25) is 19.7 Å². The molecule has 0 saturated carbocycles. The minimum absolute atomic E-state index is 0.162. The number of hydrogen-bond acceptors (Lipinski definition) is 4. The molecule has 1 atom stereocenters. The molecular formula is C24H33N5O. The second-order valence-electron chi connectivity index (χ2n) is 9.21. The number of nitrogens with zero attached hydrogens (tertiary/aromatic N) is 4. The lowest BCUT2D eigenvalue weighted by atomic mass is 9.92. The zero-order valence-corrected chi connectivity index (χ0v) is 17.8. The molecule has 3 aliphatic heterocycles. The molecule has 2 saturated heterocycles. The number of likely N-dealkylation sites (tertiary alicyclic amines) is 2. The van der Waals surface area contributed by atoms with Crippen molar-refractivity contribution in [2.75, 3.05) is 32.7 Å². The SMILES string of the molecule is O=C([C@@H]1CCCN(C2CCN(Cc3ccccc3)CC2)C1)N1CCc2[nH]ncc2C1. The van der Waals surface area contributed by atoms with Crippen molar-refractivity contribution in [2.24, 2.45) is 5.92 Å². The van der Waals surface area contributed by atoms with Gasteiger partial charge in [0.05, 0.1) is 12.1 Å². The summed E-state index contributed by atoms with van der Waals surface area (Å²) < 4.78 is 0. The third-order valence-electron chi connectivity index (χ3n) is 7.24. The summed E-state index contributed by atoms with van der Waals surface area (Å²) in [6.45, 7) is 7.01. The predicted octanol–water partition coefficient (Wildman–Crippen LogP) is 2.67. The third-order valence-corrected chi connectivity index (χ3v) is 7.24. The average molecular weight is 408 g/mol. The molecule has 0 radical (unpaired) electrons. The molecule has 1 aromatic carbocycles. The van der Waals surface area contributed by atoms with Crippen LogP contribution < -0.4 is 0 Å². The number of H-pyrrole nitrogens is 1. The Morgan fingerprint density at radius 2 is 1.90 bits per heavy atom. The maximum absolute atomic E-state index is 13.2. The fourth-order valence-electron chi connectivity index (χ4n) is 5.49. The number of fused-ring (bicyclic) bond motifs is 1. The van der Waals surface area contributed by atoms with Gasteiger partial charge < -0.3 is 4.90 Å². The molecule has 2 aromatic rings. The molecule has 0 bridgehead atoms. The van der Waals surface area contributed by atoms with E-state index in [9.17, 15) is 4.79 Å². The summed E-state index contributed by atoms with van der Waals surface area (Å²) in [5.41, 5.74) is 3.79. The molecule has 4 heterocycles. The molecule has 160 valence electrons. The number of amides is 1. The lowest BCUT2D eigenvalue weighted by molar-refractivity contribution is -0.138. The highest BCUT2D eigenvalue weighted by Crippen LogP contribution is 2.27. The summed E-state index contributed by atoms with van der Waals surface area (Å²) in [6, 6.07) is 11.4. The van der Waals surface area contributed by atoms with Crippen LogP contribution in [0.1, 0.15) is 42.5 Å². The van der Waals surface area contributed by atoms with Crippen LogP contribution in [0, 0.1) is 5.92 Å². The van der Waals surface area contributed by atoms with Crippen LogP contribution >= 0.6 is 0 Å². The Morgan fingerprint density at radius 1 is 1.07 bits per heavy atom. The molecule has 0 aliphatic carbocycles. The van der Waals surface area contributed by atoms with E-state index in [0.29, 0.717) is 11.9 Å². The number of rotatable bonds is 4. The van der Waals surface area contributed by atoms with E-state index >= 15 is 0 Å². The molecule has 1 amide bonds. The smallest absolute Gasteiger partial charge is 0.227 e. The van der Waals surface area contributed by atoms with Gasteiger partial charge in [-0.2, -0.15) is 5.10 Å². The molecule has 6 nitrogen and oxygen atoms in total. The Balaban J connectivity index is 1.13. The van der Waals surface area contributed by atoms with Crippen LogP contribution in [0.25, 0.3) is 0 Å². The minimum Gasteiger partial charge on any atom is -0.338 e. The van der Waals surface area contributed by atoms with Crippen molar-refractivity contribution in [3.05, 3.63) is 53.3 Å². The van der Waals surface area contributed by atoms with Crippen molar-refractivity contribution in [2.45, 2.75) is 51.2 Å². The van der Waals surface area contributed by atoms with E-state index in [1.54, 1.807) is 0 Å². The topological polar surface area (TPSA) is 55.5 Å². The third kappa shape index (κ3) is 4.30. The summed E-state index contributed by atoms with van der Waals surface area (Å²) in [7, 11) is 0. The van der Waals surface area contributed by atoms with Gasteiger partial charge in [0.1, 0.15) is 0 Å². The number of piperidine rings is 2. The Labute approximate surface area is 179 Å². The number of nitrogens with one attached hydrogen (secondary N) is 1. The van der Waals surface area contributed by atoms with Crippen LogP contribution in [0.4, 0.5) is 0 Å². The first-order valence-electron chi connectivity index (χ1n) is 11.6. The van der Waals surface area contributed by atoms with E-state index in [1.165, 1.54) is 29.7 Å². The van der Waals surface area contributed by atoms with Crippen LogP contribution in [-0.2, 0) is 24.3 Å². The van der Waals surface area contributed by atoms with Gasteiger partial charge in [-0.25, -0.2) is 0 Å². The van der Waals surface area contributed by atoms with Crippen molar-refractivity contribution >= 4 is 5.91 Å². The standard InChI is InChI=1S/C24H33N5O/c30-24(29-14-10-23-21(18-29)15-25-26-23)20-7-4-11-28(17-20)22-8-12-27(13-9-22)16-19-5-2-1-3-6-19/h1-3,5-6,15,20,22H,4,7-14,16-18H2,(H,25,26)/t20-/m1/s1. The summed E-state index contributed by atoms with van der Waals surface area (Å²) >= 11 is 0. The molecule has 0 spiro atoms. The Morgan fingerprint density at radius 3 is 2.73 bits per heavy atom. The van der Waals surface area contributed by atoms with Crippen molar-refractivity contribution < 1.29 is 4.79 Å². The van der Waals surface area contributed by atoms with E-state index in [-0.39, 0.29) is 5.92 Å². The molecule has 3 aliphatic rings. The van der Waals surface area contributed by atoms with E-state index in [2.05, 4.69) is 55.2 Å². The fraction of sp³-hybridized carbons (Fsp3) is 0.583. The van der Waals surface area contributed by atoms with E-state index < -0.39 is 0 Å². The maximum Gasteiger partial charge on any atom is 0.227 e. The van der Waals surface area contributed by atoms with Gasteiger partial charge >= 0.3 is 0 Å². The minimum atomic E-state index is 0.162. The van der Waals surface area contributed by atoms with Gasteiger partial charge in [0.2, 0.25) is 5.91 Å². The van der Waals surface area contributed by atoms with E-state index in [4.69, 9.17) is 0 Å². The zero-order chi connectivity index (χ0) is 20.3. The number of carbonyl (C=O) groups is 1. The van der Waals surface area contributed by atoms with Crippen LogP contribution in [-0.4, -0.2) is 69.6 Å². The highest BCUT2D eigenvalue weighted by Gasteiger charge is 2.34. The second kappa shape index (κ2) is 8.90. The number of benzene rings is 1. The first-order valence-corrected chi connectivity index (χ1v) is 11.6. The lowest BCUT2D eigenvalue weighted by Gasteiger charge is -2.43. The lowest BCUT2D eigenvalue weighted by Crippen LogP contribution is -2.51. The number of aromatic amines is 1.